The monoisotopic (exact) mass is 423 g/mol. The van der Waals surface area contributed by atoms with Crippen molar-refractivity contribution in [3.8, 4) is 0 Å². The molecule has 0 saturated heterocycles. The average molecular weight is 423 g/mol. The highest BCUT2D eigenvalue weighted by molar-refractivity contribution is 7.91. The number of aromatic nitrogens is 4. The van der Waals surface area contributed by atoms with Crippen molar-refractivity contribution in [3.05, 3.63) is 50.9 Å². The van der Waals surface area contributed by atoms with E-state index in [1.54, 1.807) is 0 Å². The first-order valence-electron chi connectivity index (χ1n) is 8.43. The predicted octanol–water partition coefficient (Wildman–Crippen LogP) is -0.0877. The molecule has 1 amide bonds. The SMILES string of the molecule is Cn1c(=O)c2nc(S(=O)(=O)CCC(=O)Nc3ccc(F)cc3)n(C)c2n(C)c1=O. The van der Waals surface area contributed by atoms with Gasteiger partial charge in [0.1, 0.15) is 5.82 Å². The highest BCUT2D eigenvalue weighted by Crippen LogP contribution is 2.16. The number of halogens is 1. The normalized spacial score (nSPS) is 11.7. The topological polar surface area (TPSA) is 125 Å². The van der Waals surface area contributed by atoms with Crippen LogP contribution in [0.15, 0.2) is 39.0 Å². The first-order chi connectivity index (χ1) is 13.5. The molecule has 3 aromatic rings. The number of fused-ring (bicyclic) bond motifs is 1. The molecule has 12 heteroatoms. The molecule has 0 aliphatic heterocycles. The highest BCUT2D eigenvalue weighted by atomic mass is 32.2. The number of hydrogen-bond donors (Lipinski definition) is 1. The van der Waals surface area contributed by atoms with Gasteiger partial charge in [0.25, 0.3) is 5.56 Å². The summed E-state index contributed by atoms with van der Waals surface area (Å²) in [6.45, 7) is 0. The molecule has 3 rings (SSSR count). The summed E-state index contributed by atoms with van der Waals surface area (Å²) in [4.78, 5) is 40.3. The maximum Gasteiger partial charge on any atom is 0.332 e. The highest BCUT2D eigenvalue weighted by Gasteiger charge is 2.26. The number of hydrogen-bond acceptors (Lipinski definition) is 6. The van der Waals surface area contributed by atoms with E-state index in [4.69, 9.17) is 0 Å². The molecule has 0 saturated carbocycles. The number of nitrogens with one attached hydrogen (secondary N) is 1. The zero-order valence-corrected chi connectivity index (χ0v) is 16.7. The summed E-state index contributed by atoms with van der Waals surface area (Å²) in [5, 5.41) is 2.06. The molecule has 0 unspecified atom stereocenters. The quantitative estimate of drug-likeness (QED) is 0.612. The molecule has 0 spiro atoms. The third-order valence-electron chi connectivity index (χ3n) is 4.43. The fourth-order valence-corrected chi connectivity index (χ4v) is 4.28. The van der Waals surface area contributed by atoms with Gasteiger partial charge in [-0.05, 0) is 24.3 Å². The van der Waals surface area contributed by atoms with Gasteiger partial charge < -0.3 is 9.88 Å². The van der Waals surface area contributed by atoms with Crippen LogP contribution in [0.3, 0.4) is 0 Å². The third-order valence-corrected chi connectivity index (χ3v) is 6.09. The van der Waals surface area contributed by atoms with Crippen LogP contribution < -0.4 is 16.6 Å². The lowest BCUT2D eigenvalue weighted by atomic mass is 10.3. The van der Waals surface area contributed by atoms with Gasteiger partial charge in [-0.2, -0.15) is 0 Å². The van der Waals surface area contributed by atoms with Gasteiger partial charge in [-0.1, -0.05) is 0 Å². The lowest BCUT2D eigenvalue weighted by Crippen LogP contribution is -2.37. The summed E-state index contributed by atoms with van der Waals surface area (Å²) < 4.78 is 41.4. The fraction of sp³-hybridized carbons (Fsp3) is 0.294. The van der Waals surface area contributed by atoms with Gasteiger partial charge in [-0.25, -0.2) is 22.6 Å². The molecule has 1 aromatic carbocycles. The molecule has 0 atom stereocenters. The molecule has 2 aromatic heterocycles. The third kappa shape index (κ3) is 3.70. The summed E-state index contributed by atoms with van der Waals surface area (Å²) in [7, 11) is 0.00779. The van der Waals surface area contributed by atoms with Crippen molar-refractivity contribution in [2.75, 3.05) is 11.1 Å². The number of carbonyl (C=O) groups is 1. The largest absolute Gasteiger partial charge is 0.332 e. The van der Waals surface area contributed by atoms with Crippen LogP contribution in [0.2, 0.25) is 0 Å². The minimum Gasteiger partial charge on any atom is -0.326 e. The summed E-state index contributed by atoms with van der Waals surface area (Å²) in [6, 6.07) is 5.03. The van der Waals surface area contributed by atoms with Gasteiger partial charge in [-0.15, -0.1) is 0 Å². The Morgan fingerprint density at radius 2 is 1.69 bits per heavy atom. The van der Waals surface area contributed by atoms with E-state index in [0.717, 1.165) is 25.8 Å². The number of carbonyl (C=O) groups excluding carboxylic acids is 1. The minimum absolute atomic E-state index is 0.0624. The van der Waals surface area contributed by atoms with E-state index in [0.29, 0.717) is 5.69 Å². The summed E-state index contributed by atoms with van der Waals surface area (Å²) in [5.41, 5.74) is -1.10. The fourth-order valence-electron chi connectivity index (χ4n) is 2.91. The molecule has 2 heterocycles. The van der Waals surface area contributed by atoms with E-state index in [9.17, 15) is 27.2 Å². The number of rotatable bonds is 5. The second kappa shape index (κ2) is 7.28. The van der Waals surface area contributed by atoms with Crippen LogP contribution in [-0.4, -0.2) is 38.8 Å². The van der Waals surface area contributed by atoms with Crippen molar-refractivity contribution in [3.63, 3.8) is 0 Å². The first kappa shape index (κ1) is 20.5. The van der Waals surface area contributed by atoms with E-state index in [1.165, 1.54) is 33.3 Å². The molecular weight excluding hydrogens is 405 g/mol. The molecule has 0 radical (unpaired) electrons. The number of benzene rings is 1. The van der Waals surface area contributed by atoms with Crippen LogP contribution in [0.1, 0.15) is 6.42 Å². The van der Waals surface area contributed by atoms with Crippen molar-refractivity contribution in [2.24, 2.45) is 21.1 Å². The van der Waals surface area contributed by atoms with Crippen LogP contribution in [0.5, 0.6) is 0 Å². The van der Waals surface area contributed by atoms with Crippen molar-refractivity contribution < 1.29 is 17.6 Å². The van der Waals surface area contributed by atoms with Gasteiger partial charge in [0.2, 0.25) is 20.9 Å². The average Bonchev–Trinajstić information content (AvgIpc) is 3.03. The lowest BCUT2D eigenvalue weighted by molar-refractivity contribution is -0.115. The van der Waals surface area contributed by atoms with Gasteiger partial charge in [-0.3, -0.25) is 18.7 Å². The Morgan fingerprint density at radius 3 is 2.31 bits per heavy atom. The molecular formula is C17H18FN5O5S. The van der Waals surface area contributed by atoms with E-state index in [-0.39, 0.29) is 17.6 Å². The summed E-state index contributed by atoms with van der Waals surface area (Å²) >= 11 is 0. The van der Waals surface area contributed by atoms with Crippen molar-refractivity contribution in [1.29, 1.82) is 0 Å². The number of nitrogens with zero attached hydrogens (tertiary/aromatic N) is 4. The van der Waals surface area contributed by atoms with Gasteiger partial charge in [0, 0.05) is 33.3 Å². The van der Waals surface area contributed by atoms with Crippen LogP contribution >= 0.6 is 0 Å². The summed E-state index contributed by atoms with van der Waals surface area (Å²) in [5.74, 6) is -1.61. The van der Waals surface area contributed by atoms with Gasteiger partial charge in [0.15, 0.2) is 11.2 Å². The molecule has 154 valence electrons. The smallest absolute Gasteiger partial charge is 0.326 e. The molecule has 29 heavy (non-hydrogen) atoms. The van der Waals surface area contributed by atoms with Crippen molar-refractivity contribution >= 4 is 32.6 Å². The zero-order chi connectivity index (χ0) is 21.5. The number of anilines is 1. The maximum atomic E-state index is 12.9. The Morgan fingerprint density at radius 1 is 1.07 bits per heavy atom. The van der Waals surface area contributed by atoms with E-state index < -0.39 is 43.7 Å². The molecule has 0 aliphatic rings. The van der Waals surface area contributed by atoms with Gasteiger partial charge in [0.05, 0.1) is 5.75 Å². The van der Waals surface area contributed by atoms with Crippen molar-refractivity contribution in [2.45, 2.75) is 11.6 Å². The molecule has 10 nitrogen and oxygen atoms in total. The Hall–Kier alpha value is -3.28. The lowest BCUT2D eigenvalue weighted by Gasteiger charge is -2.07. The second-order valence-electron chi connectivity index (χ2n) is 6.46. The molecule has 0 aliphatic carbocycles. The minimum atomic E-state index is -4.04. The summed E-state index contributed by atoms with van der Waals surface area (Å²) in [6.07, 6.45) is -0.375. The number of sulfone groups is 1. The Balaban J connectivity index is 1.88. The number of amides is 1. The van der Waals surface area contributed by atoms with E-state index >= 15 is 0 Å². The molecule has 0 bridgehead atoms. The van der Waals surface area contributed by atoms with Crippen LogP contribution in [0.25, 0.3) is 11.2 Å². The number of imidazole rings is 1. The van der Waals surface area contributed by atoms with E-state index in [1.807, 2.05) is 0 Å². The Kier molecular flexibility index (Phi) is 5.13. The Bertz CT molecular complexity index is 1340. The Labute approximate surface area is 164 Å². The first-order valence-corrected chi connectivity index (χ1v) is 10.1. The molecule has 0 fully saturated rings. The van der Waals surface area contributed by atoms with Crippen LogP contribution in [-0.2, 0) is 35.8 Å². The number of aryl methyl sites for hydroxylation is 2. The van der Waals surface area contributed by atoms with Gasteiger partial charge >= 0.3 is 5.69 Å². The molecule has 1 N–H and O–H groups in total. The van der Waals surface area contributed by atoms with Crippen molar-refractivity contribution in [1.82, 2.24) is 18.7 Å². The zero-order valence-electron chi connectivity index (χ0n) is 15.8. The van der Waals surface area contributed by atoms with E-state index in [2.05, 4.69) is 10.3 Å². The maximum absolute atomic E-state index is 12.9. The van der Waals surface area contributed by atoms with Crippen LogP contribution in [0, 0.1) is 5.82 Å². The standard InChI is InChI=1S/C17H18FN5O5S/c1-21-14-13(15(25)23(3)17(26)22(14)2)20-16(21)29(27,28)9-8-12(24)19-11-6-4-10(18)5-7-11/h4-7H,8-9H2,1-3H3,(H,19,24). The predicted molar refractivity (Wildman–Crippen MR) is 103 cm³/mol. The van der Waals surface area contributed by atoms with Crippen LogP contribution in [0.4, 0.5) is 10.1 Å². The second-order valence-corrected chi connectivity index (χ2v) is 8.46.